The maximum absolute atomic E-state index is 11.8. The summed E-state index contributed by atoms with van der Waals surface area (Å²) in [6.07, 6.45) is 4.68. The van der Waals surface area contributed by atoms with E-state index in [2.05, 4.69) is 15.5 Å². The van der Waals surface area contributed by atoms with Gasteiger partial charge in [-0.3, -0.25) is 9.78 Å². The minimum atomic E-state index is -0.294. The van der Waals surface area contributed by atoms with E-state index in [1.54, 1.807) is 24.5 Å². The van der Waals surface area contributed by atoms with Crippen molar-refractivity contribution in [3.05, 3.63) is 59.9 Å². The quantitative estimate of drug-likeness (QED) is 0.697. The van der Waals surface area contributed by atoms with E-state index < -0.39 is 0 Å². The second kappa shape index (κ2) is 6.85. The maximum atomic E-state index is 11.8. The van der Waals surface area contributed by atoms with E-state index in [4.69, 9.17) is 4.74 Å². The highest BCUT2D eigenvalue weighted by atomic mass is 16.5. The number of aromatic nitrogens is 1. The lowest BCUT2D eigenvalue weighted by Crippen LogP contribution is -2.22. The molecule has 1 aromatic carbocycles. The number of carbonyl (C=O) groups is 1. The third-order valence-corrected chi connectivity index (χ3v) is 2.61. The Labute approximate surface area is 130 Å². The smallest absolute Gasteiger partial charge is 0.272 e. The second-order valence-corrected chi connectivity index (χ2v) is 5.72. The summed E-state index contributed by atoms with van der Waals surface area (Å²) in [5, 5.41) is 3.93. The molecule has 0 radical (unpaired) electrons. The van der Waals surface area contributed by atoms with Gasteiger partial charge >= 0.3 is 0 Å². The van der Waals surface area contributed by atoms with E-state index in [1.807, 2.05) is 45.0 Å². The third kappa shape index (κ3) is 5.01. The Morgan fingerprint density at radius 1 is 1.23 bits per heavy atom. The normalized spacial score (nSPS) is 11.4. The molecule has 1 aromatic heterocycles. The summed E-state index contributed by atoms with van der Waals surface area (Å²) in [5.74, 6) is 0.501. The van der Waals surface area contributed by atoms with Crippen LogP contribution in [0, 0.1) is 0 Å². The van der Waals surface area contributed by atoms with Crippen LogP contribution in [-0.4, -0.2) is 22.7 Å². The fourth-order valence-corrected chi connectivity index (χ4v) is 1.70. The molecule has 2 rings (SSSR count). The number of rotatable bonds is 4. The number of ether oxygens (including phenoxy) is 1. The number of hydrogen-bond acceptors (Lipinski definition) is 4. The van der Waals surface area contributed by atoms with Gasteiger partial charge in [0.25, 0.3) is 5.91 Å². The largest absolute Gasteiger partial charge is 0.488 e. The number of hydrazone groups is 1. The molecule has 0 spiro atoms. The molecule has 0 bridgehead atoms. The number of pyridine rings is 1. The minimum absolute atomic E-state index is 0.229. The SMILES string of the molecule is CC(C)(C)Oc1ccc(/C=N\NC(=O)c2cccnc2)cc1. The van der Waals surface area contributed by atoms with Crippen LogP contribution in [0.3, 0.4) is 0 Å². The molecule has 5 heteroatoms. The van der Waals surface area contributed by atoms with Crippen molar-refractivity contribution in [3.8, 4) is 5.75 Å². The Morgan fingerprint density at radius 2 is 1.95 bits per heavy atom. The van der Waals surface area contributed by atoms with Crippen molar-refractivity contribution in [2.75, 3.05) is 0 Å². The molecule has 0 aliphatic heterocycles. The number of carbonyl (C=O) groups excluding carboxylic acids is 1. The maximum Gasteiger partial charge on any atom is 0.272 e. The van der Waals surface area contributed by atoms with Crippen LogP contribution in [-0.2, 0) is 0 Å². The lowest BCUT2D eigenvalue weighted by Gasteiger charge is -2.21. The summed E-state index contributed by atoms with van der Waals surface area (Å²) >= 11 is 0. The first-order chi connectivity index (χ1) is 10.4. The van der Waals surface area contributed by atoms with Crippen molar-refractivity contribution >= 4 is 12.1 Å². The molecule has 2 aromatic rings. The highest BCUT2D eigenvalue weighted by Gasteiger charge is 2.11. The van der Waals surface area contributed by atoms with Crippen LogP contribution in [0.1, 0.15) is 36.7 Å². The van der Waals surface area contributed by atoms with Crippen LogP contribution in [0.4, 0.5) is 0 Å². The topological polar surface area (TPSA) is 63.6 Å². The lowest BCUT2D eigenvalue weighted by molar-refractivity contribution is 0.0954. The third-order valence-electron chi connectivity index (χ3n) is 2.61. The molecule has 0 fully saturated rings. The Balaban J connectivity index is 1.92. The zero-order valence-electron chi connectivity index (χ0n) is 12.9. The van der Waals surface area contributed by atoms with E-state index in [0.717, 1.165) is 11.3 Å². The average molecular weight is 297 g/mol. The summed E-state index contributed by atoms with van der Waals surface area (Å²) in [7, 11) is 0. The first-order valence-electron chi connectivity index (χ1n) is 6.96. The summed E-state index contributed by atoms with van der Waals surface area (Å²) < 4.78 is 5.74. The Kier molecular flexibility index (Phi) is 4.88. The van der Waals surface area contributed by atoms with Gasteiger partial charge in [0.2, 0.25) is 0 Å². The molecule has 114 valence electrons. The van der Waals surface area contributed by atoms with Crippen LogP contribution < -0.4 is 10.2 Å². The van der Waals surface area contributed by atoms with Crippen LogP contribution in [0.15, 0.2) is 53.9 Å². The van der Waals surface area contributed by atoms with Gasteiger partial charge in [-0.25, -0.2) is 5.43 Å². The van der Waals surface area contributed by atoms with Crippen molar-refractivity contribution in [2.24, 2.45) is 5.10 Å². The summed E-state index contributed by atoms with van der Waals surface area (Å²) in [5.41, 5.74) is 3.57. The zero-order valence-corrected chi connectivity index (χ0v) is 12.9. The molecule has 0 aliphatic rings. The van der Waals surface area contributed by atoms with Crippen LogP contribution in [0.2, 0.25) is 0 Å². The van der Waals surface area contributed by atoms with Gasteiger partial charge in [0.1, 0.15) is 11.4 Å². The first kappa shape index (κ1) is 15.7. The van der Waals surface area contributed by atoms with Crippen molar-refractivity contribution in [1.82, 2.24) is 10.4 Å². The monoisotopic (exact) mass is 297 g/mol. The summed E-state index contributed by atoms with van der Waals surface area (Å²) in [6, 6.07) is 10.9. The van der Waals surface area contributed by atoms with E-state index in [-0.39, 0.29) is 11.5 Å². The van der Waals surface area contributed by atoms with Crippen LogP contribution >= 0.6 is 0 Å². The van der Waals surface area contributed by atoms with E-state index in [1.165, 1.54) is 6.20 Å². The first-order valence-corrected chi connectivity index (χ1v) is 6.96. The molecule has 1 N–H and O–H groups in total. The summed E-state index contributed by atoms with van der Waals surface area (Å²) in [4.78, 5) is 15.6. The number of nitrogens with one attached hydrogen (secondary N) is 1. The van der Waals surface area contributed by atoms with Crippen LogP contribution in [0.25, 0.3) is 0 Å². The molecular weight excluding hydrogens is 278 g/mol. The molecule has 0 atom stereocenters. The molecular formula is C17H19N3O2. The number of amides is 1. The number of benzene rings is 1. The van der Waals surface area contributed by atoms with E-state index >= 15 is 0 Å². The molecule has 0 saturated carbocycles. The van der Waals surface area contributed by atoms with Gasteiger partial charge in [-0.15, -0.1) is 0 Å². The molecule has 22 heavy (non-hydrogen) atoms. The molecule has 5 nitrogen and oxygen atoms in total. The number of hydrogen-bond donors (Lipinski definition) is 1. The Morgan fingerprint density at radius 3 is 2.55 bits per heavy atom. The molecule has 1 heterocycles. The predicted octanol–water partition coefficient (Wildman–Crippen LogP) is 3.02. The standard InChI is InChI=1S/C17H19N3O2/c1-17(2,3)22-15-8-6-13(7-9-15)11-19-20-16(21)14-5-4-10-18-12-14/h4-12H,1-3H3,(H,20,21)/b19-11-. The number of nitrogens with zero attached hydrogens (tertiary/aromatic N) is 2. The molecule has 0 aliphatic carbocycles. The second-order valence-electron chi connectivity index (χ2n) is 5.72. The zero-order chi connectivity index (χ0) is 16.0. The molecule has 1 amide bonds. The van der Waals surface area contributed by atoms with Gasteiger partial charge in [-0.2, -0.15) is 5.10 Å². The van der Waals surface area contributed by atoms with Gasteiger partial charge in [0, 0.05) is 12.4 Å². The fraction of sp³-hybridized carbons (Fsp3) is 0.235. The molecule has 0 unspecified atom stereocenters. The average Bonchev–Trinajstić information content (AvgIpc) is 2.48. The minimum Gasteiger partial charge on any atom is -0.488 e. The van der Waals surface area contributed by atoms with E-state index in [9.17, 15) is 4.79 Å². The van der Waals surface area contributed by atoms with Gasteiger partial charge in [-0.05, 0) is 62.7 Å². The highest BCUT2D eigenvalue weighted by molar-refractivity contribution is 5.94. The van der Waals surface area contributed by atoms with Crippen molar-refractivity contribution in [3.63, 3.8) is 0 Å². The van der Waals surface area contributed by atoms with Gasteiger partial charge in [0.05, 0.1) is 11.8 Å². The van der Waals surface area contributed by atoms with Crippen molar-refractivity contribution in [1.29, 1.82) is 0 Å². The van der Waals surface area contributed by atoms with Crippen LogP contribution in [0.5, 0.6) is 5.75 Å². The van der Waals surface area contributed by atoms with Crippen molar-refractivity contribution in [2.45, 2.75) is 26.4 Å². The lowest BCUT2D eigenvalue weighted by atomic mass is 10.2. The van der Waals surface area contributed by atoms with Gasteiger partial charge in [0.15, 0.2) is 0 Å². The fourth-order valence-electron chi connectivity index (χ4n) is 1.70. The van der Waals surface area contributed by atoms with Gasteiger partial charge < -0.3 is 4.74 Å². The highest BCUT2D eigenvalue weighted by Crippen LogP contribution is 2.17. The Hall–Kier alpha value is -2.69. The predicted molar refractivity (Wildman–Crippen MR) is 86.1 cm³/mol. The Bertz CT molecular complexity index is 644. The summed E-state index contributed by atoms with van der Waals surface area (Å²) in [6.45, 7) is 5.99. The van der Waals surface area contributed by atoms with Crippen molar-refractivity contribution < 1.29 is 9.53 Å². The van der Waals surface area contributed by atoms with E-state index in [0.29, 0.717) is 5.56 Å². The van der Waals surface area contributed by atoms with Gasteiger partial charge in [-0.1, -0.05) is 0 Å². The molecule has 0 saturated heterocycles.